The highest BCUT2D eigenvalue weighted by molar-refractivity contribution is 6.32. The van der Waals surface area contributed by atoms with Gasteiger partial charge in [-0.2, -0.15) is 26.3 Å². The highest BCUT2D eigenvalue weighted by Crippen LogP contribution is 2.39. The summed E-state index contributed by atoms with van der Waals surface area (Å²) in [5.74, 6) is -1.99. The van der Waals surface area contributed by atoms with Crippen LogP contribution in [0.25, 0.3) is 0 Å². The first-order valence-electron chi connectivity index (χ1n) is 15.2. The molecule has 0 aliphatic heterocycles. The molecule has 4 aromatic rings. The van der Waals surface area contributed by atoms with Gasteiger partial charge in [-0.1, -0.05) is 23.2 Å². The van der Waals surface area contributed by atoms with Crippen molar-refractivity contribution in [2.45, 2.75) is 31.6 Å². The Kier molecular flexibility index (Phi) is 13.6. The van der Waals surface area contributed by atoms with E-state index >= 15 is 0 Å². The molecule has 12 nitrogen and oxygen atoms in total. The summed E-state index contributed by atoms with van der Waals surface area (Å²) in [6.07, 6.45) is -9.83. The fourth-order valence-electron chi connectivity index (χ4n) is 4.64. The van der Waals surface area contributed by atoms with Gasteiger partial charge in [0.05, 0.1) is 48.8 Å². The number of benzene rings is 4. The summed E-state index contributed by atoms with van der Waals surface area (Å²) in [5.41, 5.74) is -3.84. The Morgan fingerprint density at radius 2 is 1.04 bits per heavy atom. The lowest BCUT2D eigenvalue weighted by atomic mass is 10.0. The van der Waals surface area contributed by atoms with E-state index in [0.717, 1.165) is 60.7 Å². The number of Topliss-reactive ketones (excluding diaryl/α,β-unsaturated/α-hetero) is 2. The van der Waals surface area contributed by atoms with Gasteiger partial charge in [0, 0.05) is 31.6 Å². The summed E-state index contributed by atoms with van der Waals surface area (Å²) in [5, 5.41) is 22.3. The molecule has 0 radical (unpaired) electrons. The number of carbonyl (C=O) groups is 2. The van der Waals surface area contributed by atoms with Crippen molar-refractivity contribution in [1.29, 1.82) is 0 Å². The summed E-state index contributed by atoms with van der Waals surface area (Å²) in [6.45, 7) is -0.689. The fraction of sp³-hybridized carbons (Fsp3) is 0.235. The number of nitrogens with zero attached hydrogens (tertiary/aromatic N) is 2. The number of alkyl halides is 6. The smallest absolute Gasteiger partial charge is 0.416 e. The molecule has 0 aliphatic carbocycles. The normalized spacial score (nSPS) is 11.6. The van der Waals surface area contributed by atoms with E-state index in [1.807, 2.05) is 0 Å². The van der Waals surface area contributed by atoms with E-state index < -0.39 is 56.3 Å². The van der Waals surface area contributed by atoms with Gasteiger partial charge in [-0.25, -0.2) is 0 Å². The monoisotopic (exact) mass is 804 g/mol. The van der Waals surface area contributed by atoms with Gasteiger partial charge in [0.25, 0.3) is 11.4 Å². The molecule has 4 aromatic carbocycles. The SMILES string of the molecule is O=C(CCCOCOCCC(=O)c1cc(Oc2ccc(C(F)(F)F)cc2Cl)ccc1[N+](=O)[O-])c1cc(Oc2ccc(C(F)(F)F)cc2Cl)ccc1[N+](=O)[O-]. The summed E-state index contributed by atoms with van der Waals surface area (Å²) in [7, 11) is 0. The van der Waals surface area contributed by atoms with Crippen LogP contribution >= 0.6 is 23.2 Å². The number of hydrogen-bond donors (Lipinski definition) is 0. The van der Waals surface area contributed by atoms with Crippen molar-refractivity contribution in [3.05, 3.63) is 125 Å². The van der Waals surface area contributed by atoms with Gasteiger partial charge in [-0.3, -0.25) is 29.8 Å². The Hall–Kier alpha value is -5.30. The van der Waals surface area contributed by atoms with E-state index in [0.29, 0.717) is 12.1 Å². The molecule has 0 heterocycles. The van der Waals surface area contributed by atoms with E-state index in [1.54, 1.807) is 0 Å². The lowest BCUT2D eigenvalue weighted by Crippen LogP contribution is -2.10. The maximum atomic E-state index is 12.9. The molecule has 0 fully saturated rings. The molecule has 286 valence electrons. The highest BCUT2D eigenvalue weighted by atomic mass is 35.5. The van der Waals surface area contributed by atoms with Crippen LogP contribution in [-0.2, 0) is 21.8 Å². The molecule has 54 heavy (non-hydrogen) atoms. The van der Waals surface area contributed by atoms with Crippen LogP contribution in [0.5, 0.6) is 23.0 Å². The maximum absolute atomic E-state index is 12.9. The zero-order valence-corrected chi connectivity index (χ0v) is 28.7. The second-order valence-electron chi connectivity index (χ2n) is 11.0. The van der Waals surface area contributed by atoms with Crippen molar-refractivity contribution in [2.24, 2.45) is 0 Å². The molecule has 0 aliphatic rings. The second-order valence-corrected chi connectivity index (χ2v) is 11.8. The Morgan fingerprint density at radius 1 is 0.611 bits per heavy atom. The average Bonchev–Trinajstić information content (AvgIpc) is 3.09. The van der Waals surface area contributed by atoms with Gasteiger partial charge < -0.3 is 18.9 Å². The van der Waals surface area contributed by atoms with Gasteiger partial charge in [0.2, 0.25) is 0 Å². The Balaban J connectivity index is 1.26. The van der Waals surface area contributed by atoms with E-state index in [9.17, 15) is 56.2 Å². The zero-order valence-electron chi connectivity index (χ0n) is 27.2. The zero-order chi connectivity index (χ0) is 39.8. The van der Waals surface area contributed by atoms with Crippen molar-refractivity contribution < 1.29 is 64.7 Å². The number of halogens is 8. The average molecular weight is 805 g/mol. The molecule has 0 unspecified atom stereocenters. The van der Waals surface area contributed by atoms with Crippen LogP contribution in [0.1, 0.15) is 51.1 Å². The number of hydrogen-bond acceptors (Lipinski definition) is 10. The molecule has 4 rings (SSSR count). The van der Waals surface area contributed by atoms with Crippen LogP contribution in [0, 0.1) is 20.2 Å². The predicted molar refractivity (Wildman–Crippen MR) is 179 cm³/mol. The summed E-state index contributed by atoms with van der Waals surface area (Å²) >= 11 is 11.8. The highest BCUT2D eigenvalue weighted by Gasteiger charge is 2.32. The molecular formula is C34H24Cl2F6N2O10. The lowest BCUT2D eigenvalue weighted by molar-refractivity contribution is -0.385. The van der Waals surface area contributed by atoms with Gasteiger partial charge in [0.15, 0.2) is 11.6 Å². The standard InChI is InChI=1S/C34H24Cl2F6N2O10/c35-25-14-19(33(37,38)39)3-9-31(25)53-21-5-7-27(43(47)48)23(16-21)29(45)2-1-12-51-18-52-13-11-30(46)24-17-22(6-8-28(24)44(49)50)54-32-10-4-20(15-26(32)36)34(40,41)42/h3-10,14-17H,1-2,11-13,18H2. The third-order valence-corrected chi connectivity index (χ3v) is 7.83. The van der Waals surface area contributed by atoms with Crippen molar-refractivity contribution in [1.82, 2.24) is 0 Å². The second kappa shape index (κ2) is 17.7. The molecule has 20 heteroatoms. The van der Waals surface area contributed by atoms with Gasteiger partial charge >= 0.3 is 12.4 Å². The number of nitro groups is 2. The summed E-state index contributed by atoms with van der Waals surface area (Å²) in [4.78, 5) is 47.2. The number of nitro benzene ring substituents is 2. The van der Waals surface area contributed by atoms with Crippen LogP contribution < -0.4 is 9.47 Å². The van der Waals surface area contributed by atoms with Crippen molar-refractivity contribution in [3.63, 3.8) is 0 Å². The number of carbonyl (C=O) groups excluding carboxylic acids is 2. The quantitative estimate of drug-likeness (QED) is 0.0251. The first kappa shape index (κ1) is 41.5. The first-order valence-corrected chi connectivity index (χ1v) is 16.0. The van der Waals surface area contributed by atoms with Crippen LogP contribution in [0.3, 0.4) is 0 Å². The lowest BCUT2D eigenvalue weighted by Gasteiger charge is -2.12. The van der Waals surface area contributed by atoms with Crippen LogP contribution in [-0.4, -0.2) is 41.4 Å². The van der Waals surface area contributed by atoms with Crippen molar-refractivity contribution >= 4 is 46.1 Å². The molecule has 0 atom stereocenters. The molecule has 0 aromatic heterocycles. The van der Waals surface area contributed by atoms with Crippen LogP contribution in [0.15, 0.2) is 72.8 Å². The van der Waals surface area contributed by atoms with Crippen LogP contribution in [0.2, 0.25) is 10.0 Å². The molecule has 0 N–H and O–H groups in total. The molecule has 0 saturated heterocycles. The number of rotatable bonds is 17. The van der Waals surface area contributed by atoms with Crippen molar-refractivity contribution in [3.8, 4) is 23.0 Å². The molecule has 0 bridgehead atoms. The van der Waals surface area contributed by atoms with E-state index in [2.05, 4.69) is 0 Å². The minimum atomic E-state index is -4.65. The van der Waals surface area contributed by atoms with E-state index in [-0.39, 0.29) is 83.4 Å². The summed E-state index contributed by atoms with van der Waals surface area (Å²) < 4.78 is 99.1. The topological polar surface area (TPSA) is 157 Å². The molecule has 0 saturated carbocycles. The minimum absolute atomic E-state index is 0.0655. The van der Waals surface area contributed by atoms with Gasteiger partial charge in [-0.05, 0) is 67.1 Å². The largest absolute Gasteiger partial charge is 0.456 e. The predicted octanol–water partition coefficient (Wildman–Crippen LogP) is 10.7. The first-order chi connectivity index (χ1) is 25.3. The Labute approximate surface area is 310 Å². The Morgan fingerprint density at radius 3 is 1.44 bits per heavy atom. The van der Waals surface area contributed by atoms with E-state index in [4.69, 9.17) is 42.1 Å². The fourth-order valence-corrected chi connectivity index (χ4v) is 5.08. The molecule has 0 spiro atoms. The third kappa shape index (κ3) is 11.1. The minimum Gasteiger partial charge on any atom is -0.456 e. The Bertz CT molecular complexity index is 1920. The van der Waals surface area contributed by atoms with Gasteiger partial charge in [-0.15, -0.1) is 0 Å². The van der Waals surface area contributed by atoms with E-state index in [1.165, 1.54) is 0 Å². The molecular weight excluding hydrogens is 781 g/mol. The molecule has 0 amide bonds. The number of ether oxygens (including phenoxy) is 4. The summed E-state index contributed by atoms with van der Waals surface area (Å²) in [6, 6.07) is 11.0. The third-order valence-electron chi connectivity index (χ3n) is 7.24. The van der Waals surface area contributed by atoms with Crippen LogP contribution in [0.4, 0.5) is 37.7 Å². The van der Waals surface area contributed by atoms with Crippen molar-refractivity contribution in [2.75, 3.05) is 20.0 Å². The maximum Gasteiger partial charge on any atom is 0.416 e. The van der Waals surface area contributed by atoms with Gasteiger partial charge in [0.1, 0.15) is 29.8 Å². The number of ketones is 2.